The Morgan fingerprint density at radius 3 is 2.71 bits per heavy atom. The maximum atomic E-state index is 13.8. The molecular weight excluding hydrogens is 534 g/mol. The van der Waals surface area contributed by atoms with Gasteiger partial charge in [-0.3, -0.25) is 4.79 Å². The molecule has 1 fully saturated rings. The molecule has 41 heavy (non-hydrogen) atoms. The fourth-order valence-electron chi connectivity index (χ4n) is 6.35. The van der Waals surface area contributed by atoms with Crippen LogP contribution in [0.4, 0.5) is 5.82 Å². The van der Waals surface area contributed by atoms with Crippen molar-refractivity contribution in [2.24, 2.45) is 5.92 Å². The van der Waals surface area contributed by atoms with Gasteiger partial charge in [0.2, 0.25) is 5.91 Å². The number of hydrogen-bond donors (Lipinski definition) is 1. The van der Waals surface area contributed by atoms with Crippen molar-refractivity contribution >= 4 is 41.9 Å². The molecule has 0 atom stereocenters. The molecule has 11 heteroatoms. The number of anilines is 1. The molecule has 0 unspecified atom stereocenters. The number of hydrogen-bond acceptors (Lipinski definition) is 7. The number of nitrogen functional groups attached to an aromatic ring is 1. The number of fused-ring (bicyclic) bond motifs is 4. The van der Waals surface area contributed by atoms with Gasteiger partial charge in [-0.15, -0.1) is 0 Å². The summed E-state index contributed by atoms with van der Waals surface area (Å²) >= 11 is 0. The van der Waals surface area contributed by atoms with Gasteiger partial charge in [-0.2, -0.15) is 0 Å². The molecule has 4 aromatic heterocycles. The highest BCUT2D eigenvalue weighted by atomic mass is 28.3. The summed E-state index contributed by atoms with van der Waals surface area (Å²) in [4.78, 5) is 29.7. The largest absolute Gasteiger partial charge is 0.383 e. The quantitative estimate of drug-likeness (QED) is 0.248. The van der Waals surface area contributed by atoms with Gasteiger partial charge in [-0.05, 0) is 50.9 Å². The first-order chi connectivity index (χ1) is 19.5. The van der Waals surface area contributed by atoms with E-state index in [1.165, 1.54) is 6.33 Å². The number of aromatic nitrogens is 5. The summed E-state index contributed by atoms with van der Waals surface area (Å²) in [6.45, 7) is 14.8. The van der Waals surface area contributed by atoms with E-state index >= 15 is 0 Å². The van der Waals surface area contributed by atoms with Crippen LogP contribution in [0.5, 0.6) is 0 Å². The minimum Gasteiger partial charge on any atom is -0.383 e. The van der Waals surface area contributed by atoms with Gasteiger partial charge >= 0.3 is 0 Å². The summed E-state index contributed by atoms with van der Waals surface area (Å²) in [7, 11) is -1.24. The van der Waals surface area contributed by atoms with E-state index in [0.29, 0.717) is 45.5 Å². The van der Waals surface area contributed by atoms with Crippen LogP contribution in [-0.4, -0.2) is 69.3 Å². The van der Waals surface area contributed by atoms with Gasteiger partial charge in [0.15, 0.2) is 0 Å². The Kier molecular flexibility index (Phi) is 7.15. The van der Waals surface area contributed by atoms with E-state index in [1.54, 1.807) is 0 Å². The second-order valence-electron chi connectivity index (χ2n) is 13.2. The predicted molar refractivity (Wildman–Crippen MR) is 163 cm³/mol. The molecule has 4 aromatic rings. The molecule has 2 N–H and O–H groups in total. The van der Waals surface area contributed by atoms with Crippen LogP contribution in [0, 0.1) is 5.92 Å². The zero-order valence-electron chi connectivity index (χ0n) is 24.8. The number of carbonyl (C=O) groups excluding carboxylic acids is 1. The highest BCUT2D eigenvalue weighted by molar-refractivity contribution is 6.76. The van der Waals surface area contributed by atoms with Crippen LogP contribution < -0.4 is 5.73 Å². The van der Waals surface area contributed by atoms with E-state index in [1.807, 2.05) is 17.2 Å². The third-order valence-corrected chi connectivity index (χ3v) is 10.1. The molecule has 0 aliphatic carbocycles. The average Bonchev–Trinajstić information content (AvgIpc) is 3.47. The topological polar surface area (TPSA) is 113 Å². The van der Waals surface area contributed by atoms with Crippen LogP contribution >= 0.6 is 0 Å². The number of pyridine rings is 1. The van der Waals surface area contributed by atoms with Crippen LogP contribution in [0.15, 0.2) is 30.7 Å². The molecule has 0 radical (unpaired) electrons. The molecule has 6 rings (SSSR count). The number of ether oxygens (including phenoxy) is 2. The standard InChI is InChI=1S/C30H41N7O3Si/c1-30(2)17-35(29(38)20-8-11-39-12-9-20)16-23-24(25-26(31)33-18-34-28(25)37(23)30)22-15-21-7-6-10-32-27(21)36(22)19-40-13-14-41(3,4)5/h6-7,10,15,18,20H,8-9,11-14,16-17,19H2,1-5H3,(H2,31,33,34). The minimum absolute atomic E-state index is 0.0146. The van der Waals surface area contributed by atoms with Gasteiger partial charge in [0.05, 0.1) is 23.2 Å². The number of nitrogens with two attached hydrogens (primary N) is 1. The van der Waals surface area contributed by atoms with Gasteiger partial charge in [0, 0.05) is 63.2 Å². The lowest BCUT2D eigenvalue weighted by molar-refractivity contribution is -0.141. The van der Waals surface area contributed by atoms with Crippen LogP contribution in [0.25, 0.3) is 33.3 Å². The first-order valence-electron chi connectivity index (χ1n) is 14.6. The fourth-order valence-corrected chi connectivity index (χ4v) is 7.11. The second kappa shape index (κ2) is 10.5. The molecule has 10 nitrogen and oxygen atoms in total. The van der Waals surface area contributed by atoms with Crippen molar-refractivity contribution in [3.63, 3.8) is 0 Å². The lowest BCUT2D eigenvalue weighted by Gasteiger charge is -2.42. The highest BCUT2D eigenvalue weighted by Gasteiger charge is 2.40. The number of rotatable bonds is 7. The Hall–Kier alpha value is -3.28. The lowest BCUT2D eigenvalue weighted by atomic mass is 9.94. The van der Waals surface area contributed by atoms with E-state index in [9.17, 15) is 4.79 Å². The van der Waals surface area contributed by atoms with Gasteiger partial charge in [-0.25, -0.2) is 15.0 Å². The zero-order chi connectivity index (χ0) is 28.9. The molecule has 0 spiro atoms. The number of nitrogens with zero attached hydrogens (tertiary/aromatic N) is 6. The van der Waals surface area contributed by atoms with E-state index in [0.717, 1.165) is 57.9 Å². The van der Waals surface area contributed by atoms with Gasteiger partial charge in [0.1, 0.15) is 30.2 Å². The molecule has 218 valence electrons. The van der Waals surface area contributed by atoms with Crippen LogP contribution in [0.1, 0.15) is 32.4 Å². The summed E-state index contributed by atoms with van der Waals surface area (Å²) in [5.41, 5.74) is 10.7. The summed E-state index contributed by atoms with van der Waals surface area (Å²) in [6, 6.07) is 7.25. The third kappa shape index (κ3) is 5.15. The average molecular weight is 576 g/mol. The molecule has 6 heterocycles. The molecule has 0 aromatic carbocycles. The third-order valence-electron chi connectivity index (χ3n) is 8.41. The van der Waals surface area contributed by atoms with Crippen LogP contribution in [0.2, 0.25) is 25.7 Å². The highest BCUT2D eigenvalue weighted by Crippen LogP contribution is 2.44. The normalized spacial score (nSPS) is 17.8. The number of carbonyl (C=O) groups is 1. The van der Waals surface area contributed by atoms with Crippen molar-refractivity contribution in [3.8, 4) is 11.3 Å². The van der Waals surface area contributed by atoms with Crippen molar-refractivity contribution in [2.75, 3.05) is 32.1 Å². The van der Waals surface area contributed by atoms with Crippen molar-refractivity contribution in [3.05, 3.63) is 36.4 Å². The fraction of sp³-hybridized carbons (Fsp3) is 0.533. The van der Waals surface area contributed by atoms with Crippen LogP contribution in [-0.2, 0) is 33.1 Å². The SMILES string of the molecule is CC1(C)CN(C(=O)C2CCOCC2)Cc2c(-c3cc4cccnc4n3COCC[Si](C)(C)C)c3c(N)ncnc3n21. The summed E-state index contributed by atoms with van der Waals surface area (Å²) in [5, 5.41) is 1.83. The molecule has 0 bridgehead atoms. The first kappa shape index (κ1) is 27.9. The monoisotopic (exact) mass is 575 g/mol. The number of amides is 1. The minimum atomic E-state index is -1.24. The Bertz CT molecular complexity index is 1600. The maximum Gasteiger partial charge on any atom is 0.226 e. The van der Waals surface area contributed by atoms with Crippen molar-refractivity contribution in [1.82, 2.24) is 29.0 Å². The van der Waals surface area contributed by atoms with Gasteiger partial charge in [-0.1, -0.05) is 19.6 Å². The van der Waals surface area contributed by atoms with Crippen molar-refractivity contribution in [2.45, 2.75) is 71.2 Å². The molecule has 0 saturated carbocycles. The molecule has 1 amide bonds. The Labute approximate surface area is 241 Å². The Morgan fingerprint density at radius 1 is 1.17 bits per heavy atom. The Morgan fingerprint density at radius 2 is 1.95 bits per heavy atom. The summed E-state index contributed by atoms with van der Waals surface area (Å²) in [5.74, 6) is 0.605. The van der Waals surface area contributed by atoms with Gasteiger partial charge in [0.25, 0.3) is 0 Å². The van der Waals surface area contributed by atoms with E-state index in [-0.39, 0.29) is 11.8 Å². The molecule has 1 saturated heterocycles. The van der Waals surface area contributed by atoms with Crippen molar-refractivity contribution in [1.29, 1.82) is 0 Å². The summed E-state index contributed by atoms with van der Waals surface area (Å²) in [6.07, 6.45) is 4.87. The van der Waals surface area contributed by atoms with Crippen molar-refractivity contribution < 1.29 is 14.3 Å². The lowest BCUT2D eigenvalue weighted by Crippen LogP contribution is -2.51. The molecular formula is C30H41N7O3Si. The van der Waals surface area contributed by atoms with E-state index in [2.05, 4.69) is 59.7 Å². The smallest absolute Gasteiger partial charge is 0.226 e. The van der Waals surface area contributed by atoms with E-state index in [4.69, 9.17) is 25.2 Å². The second-order valence-corrected chi connectivity index (χ2v) is 18.9. The molecule has 2 aliphatic rings. The molecule has 2 aliphatic heterocycles. The van der Waals surface area contributed by atoms with E-state index < -0.39 is 13.6 Å². The predicted octanol–water partition coefficient (Wildman–Crippen LogP) is 4.85. The Balaban J connectivity index is 1.50. The van der Waals surface area contributed by atoms with Gasteiger partial charge < -0.3 is 29.2 Å². The van der Waals surface area contributed by atoms with Crippen LogP contribution in [0.3, 0.4) is 0 Å². The zero-order valence-corrected chi connectivity index (χ0v) is 25.8. The summed E-state index contributed by atoms with van der Waals surface area (Å²) < 4.78 is 16.2. The maximum absolute atomic E-state index is 13.8. The first-order valence-corrected chi connectivity index (χ1v) is 18.3.